The zero-order valence-corrected chi connectivity index (χ0v) is 16.0. The summed E-state index contributed by atoms with van der Waals surface area (Å²) in [5.41, 5.74) is 1.97. The molecule has 2 amide bonds. The fraction of sp³-hybridized carbons (Fsp3) is 0.348. The number of carbonyl (C=O) groups excluding carboxylic acids is 2. The number of halogens is 1. The first-order chi connectivity index (χ1) is 14.0. The molecule has 0 bridgehead atoms. The lowest BCUT2D eigenvalue weighted by atomic mass is 10.0. The summed E-state index contributed by atoms with van der Waals surface area (Å²) in [5.74, 6) is -0.361. The van der Waals surface area contributed by atoms with Crippen molar-refractivity contribution in [2.75, 3.05) is 19.6 Å². The van der Waals surface area contributed by atoms with Gasteiger partial charge in [-0.15, -0.1) is 0 Å². The number of amides is 2. The molecule has 1 aliphatic carbocycles. The van der Waals surface area contributed by atoms with E-state index in [2.05, 4.69) is 5.32 Å². The monoisotopic (exact) mass is 391 g/mol. The number of rotatable bonds is 5. The van der Waals surface area contributed by atoms with Gasteiger partial charge in [-0.1, -0.05) is 18.2 Å². The molecule has 29 heavy (non-hydrogen) atoms. The van der Waals surface area contributed by atoms with Crippen molar-refractivity contribution >= 4 is 11.8 Å². The maximum absolute atomic E-state index is 14.5. The second-order valence-electron chi connectivity index (χ2n) is 7.81. The average molecular weight is 391 g/mol. The van der Waals surface area contributed by atoms with Crippen molar-refractivity contribution in [3.05, 3.63) is 59.4 Å². The van der Waals surface area contributed by atoms with E-state index >= 15 is 0 Å². The number of carbonyl (C=O) groups is 2. The van der Waals surface area contributed by atoms with Gasteiger partial charge in [0.05, 0.1) is 17.2 Å². The van der Waals surface area contributed by atoms with E-state index in [1.165, 1.54) is 12.1 Å². The van der Waals surface area contributed by atoms with Gasteiger partial charge in [0.2, 0.25) is 5.91 Å². The van der Waals surface area contributed by atoms with Gasteiger partial charge in [-0.25, -0.2) is 4.39 Å². The van der Waals surface area contributed by atoms with Crippen LogP contribution in [-0.2, 0) is 4.79 Å². The number of benzene rings is 2. The van der Waals surface area contributed by atoms with E-state index in [9.17, 15) is 14.0 Å². The summed E-state index contributed by atoms with van der Waals surface area (Å²) in [5, 5.41) is 11.7. The average Bonchev–Trinajstić information content (AvgIpc) is 3.49. The summed E-state index contributed by atoms with van der Waals surface area (Å²) in [6.07, 6.45) is 2.85. The number of hydrogen-bond donors (Lipinski definition) is 1. The minimum absolute atomic E-state index is 0.00584. The summed E-state index contributed by atoms with van der Waals surface area (Å²) in [7, 11) is 0. The minimum atomic E-state index is -0.582. The zero-order valence-electron chi connectivity index (χ0n) is 16.0. The van der Waals surface area contributed by atoms with E-state index < -0.39 is 11.7 Å². The van der Waals surface area contributed by atoms with Gasteiger partial charge in [0.15, 0.2) is 0 Å². The number of nitriles is 1. The standard InChI is InChI=1S/C23H22FN3O2/c24-21-11-19(17-3-1-15(12-25)2-4-17)7-8-20(21)22(28)26-13-16-9-10-27(14-16)23(29)18-5-6-18/h1-4,7-8,11,16,18H,5-6,9-10,13-14H2,(H,26,28)/t16-/m1/s1. The highest BCUT2D eigenvalue weighted by Crippen LogP contribution is 2.32. The van der Waals surface area contributed by atoms with Crippen LogP contribution in [0.2, 0.25) is 0 Å². The molecule has 5 nitrogen and oxygen atoms in total. The Morgan fingerprint density at radius 3 is 2.48 bits per heavy atom. The van der Waals surface area contributed by atoms with Gasteiger partial charge in [-0.2, -0.15) is 5.26 Å². The fourth-order valence-electron chi connectivity index (χ4n) is 3.74. The van der Waals surface area contributed by atoms with Crippen molar-refractivity contribution in [3.8, 4) is 17.2 Å². The third-order valence-corrected chi connectivity index (χ3v) is 5.64. The first kappa shape index (κ1) is 19.1. The van der Waals surface area contributed by atoms with Crippen molar-refractivity contribution in [2.45, 2.75) is 19.3 Å². The number of hydrogen-bond acceptors (Lipinski definition) is 3. The van der Waals surface area contributed by atoms with Crippen LogP contribution in [0, 0.1) is 29.0 Å². The van der Waals surface area contributed by atoms with Crippen LogP contribution in [0.1, 0.15) is 35.2 Å². The quantitative estimate of drug-likeness (QED) is 0.849. The highest BCUT2D eigenvalue weighted by atomic mass is 19.1. The third-order valence-electron chi connectivity index (χ3n) is 5.64. The molecule has 2 aromatic carbocycles. The molecule has 4 rings (SSSR count). The molecular weight excluding hydrogens is 369 g/mol. The number of nitrogens with one attached hydrogen (secondary N) is 1. The Balaban J connectivity index is 1.35. The van der Waals surface area contributed by atoms with Crippen LogP contribution in [0.4, 0.5) is 4.39 Å². The Bertz CT molecular complexity index is 977. The smallest absolute Gasteiger partial charge is 0.254 e. The number of nitrogens with zero attached hydrogens (tertiary/aromatic N) is 2. The molecule has 2 fully saturated rings. The third kappa shape index (κ3) is 4.29. The van der Waals surface area contributed by atoms with Crippen LogP contribution in [0.3, 0.4) is 0 Å². The van der Waals surface area contributed by atoms with Crippen molar-refractivity contribution in [1.82, 2.24) is 10.2 Å². The van der Waals surface area contributed by atoms with Crippen LogP contribution in [0.15, 0.2) is 42.5 Å². The van der Waals surface area contributed by atoms with Gasteiger partial charge < -0.3 is 10.2 Å². The molecule has 1 saturated carbocycles. The molecule has 0 unspecified atom stereocenters. The summed E-state index contributed by atoms with van der Waals surface area (Å²) in [4.78, 5) is 26.4. The van der Waals surface area contributed by atoms with Crippen molar-refractivity contribution in [3.63, 3.8) is 0 Å². The fourth-order valence-corrected chi connectivity index (χ4v) is 3.74. The van der Waals surface area contributed by atoms with Gasteiger partial charge >= 0.3 is 0 Å². The molecule has 1 saturated heterocycles. The molecule has 148 valence electrons. The second-order valence-corrected chi connectivity index (χ2v) is 7.81. The molecule has 1 N–H and O–H groups in total. The zero-order chi connectivity index (χ0) is 20.4. The van der Waals surface area contributed by atoms with Crippen molar-refractivity contribution in [1.29, 1.82) is 5.26 Å². The topological polar surface area (TPSA) is 73.2 Å². The summed E-state index contributed by atoms with van der Waals surface area (Å²) >= 11 is 0. The van der Waals surface area contributed by atoms with Crippen LogP contribution < -0.4 is 5.32 Å². The van der Waals surface area contributed by atoms with Crippen molar-refractivity contribution in [2.24, 2.45) is 11.8 Å². The minimum Gasteiger partial charge on any atom is -0.352 e. The SMILES string of the molecule is N#Cc1ccc(-c2ccc(C(=O)NC[C@H]3CCN(C(=O)C4CC4)C3)c(F)c2)cc1. The molecule has 1 aliphatic heterocycles. The predicted octanol–water partition coefficient (Wildman–Crippen LogP) is 3.35. The molecule has 6 heteroatoms. The van der Waals surface area contributed by atoms with Crippen LogP contribution >= 0.6 is 0 Å². The van der Waals surface area contributed by atoms with E-state index in [1.54, 1.807) is 30.3 Å². The largest absolute Gasteiger partial charge is 0.352 e. The van der Waals surface area contributed by atoms with Gasteiger partial charge in [0, 0.05) is 25.6 Å². The molecular formula is C23H22FN3O2. The maximum Gasteiger partial charge on any atom is 0.254 e. The Morgan fingerprint density at radius 1 is 1.10 bits per heavy atom. The lowest BCUT2D eigenvalue weighted by molar-refractivity contribution is -0.131. The molecule has 2 aromatic rings. The molecule has 0 spiro atoms. The molecule has 2 aliphatic rings. The predicted molar refractivity (Wildman–Crippen MR) is 106 cm³/mol. The van der Waals surface area contributed by atoms with Gasteiger partial charge in [-0.3, -0.25) is 9.59 Å². The Morgan fingerprint density at radius 2 is 1.83 bits per heavy atom. The van der Waals surface area contributed by atoms with E-state index in [1.807, 2.05) is 11.0 Å². The van der Waals surface area contributed by atoms with Gasteiger partial charge in [-0.05, 0) is 60.6 Å². The lowest BCUT2D eigenvalue weighted by Gasteiger charge is -2.16. The van der Waals surface area contributed by atoms with E-state index in [0.29, 0.717) is 24.2 Å². The van der Waals surface area contributed by atoms with E-state index in [-0.39, 0.29) is 23.3 Å². The summed E-state index contributed by atoms with van der Waals surface area (Å²) in [6, 6.07) is 13.4. The molecule has 0 radical (unpaired) electrons. The Hall–Kier alpha value is -3.20. The first-order valence-corrected chi connectivity index (χ1v) is 9.92. The lowest BCUT2D eigenvalue weighted by Crippen LogP contribution is -2.33. The first-order valence-electron chi connectivity index (χ1n) is 9.92. The summed E-state index contributed by atoms with van der Waals surface area (Å²) in [6.45, 7) is 1.84. The van der Waals surface area contributed by atoms with Crippen LogP contribution in [-0.4, -0.2) is 36.3 Å². The molecule has 1 atom stereocenters. The van der Waals surface area contributed by atoms with Crippen LogP contribution in [0.5, 0.6) is 0 Å². The maximum atomic E-state index is 14.5. The van der Waals surface area contributed by atoms with E-state index in [4.69, 9.17) is 5.26 Å². The number of likely N-dealkylation sites (tertiary alicyclic amines) is 1. The second kappa shape index (κ2) is 8.04. The highest BCUT2D eigenvalue weighted by molar-refractivity contribution is 5.95. The molecule has 0 aromatic heterocycles. The normalized spacial score (nSPS) is 18.3. The van der Waals surface area contributed by atoms with E-state index in [0.717, 1.165) is 31.4 Å². The Kier molecular flexibility index (Phi) is 5.30. The van der Waals surface area contributed by atoms with Crippen molar-refractivity contribution < 1.29 is 14.0 Å². The van der Waals surface area contributed by atoms with Gasteiger partial charge in [0.1, 0.15) is 5.82 Å². The highest BCUT2D eigenvalue weighted by Gasteiger charge is 2.36. The summed E-state index contributed by atoms with van der Waals surface area (Å²) < 4.78 is 14.5. The van der Waals surface area contributed by atoms with Gasteiger partial charge in [0.25, 0.3) is 5.91 Å². The van der Waals surface area contributed by atoms with Crippen LogP contribution in [0.25, 0.3) is 11.1 Å². The molecule has 1 heterocycles. The Labute approximate surface area is 169 Å².